The van der Waals surface area contributed by atoms with Crippen LogP contribution in [-0.2, 0) is 0 Å². The van der Waals surface area contributed by atoms with Crippen molar-refractivity contribution in [3.8, 4) is 28.8 Å². The Morgan fingerprint density at radius 2 is 1.86 bits per heavy atom. The molecule has 3 N–H and O–H groups in total. The fourth-order valence-corrected chi connectivity index (χ4v) is 3.74. The molecule has 1 heterocycles. The van der Waals surface area contributed by atoms with E-state index in [1.54, 1.807) is 24.3 Å². The van der Waals surface area contributed by atoms with Crippen molar-refractivity contribution in [2.24, 2.45) is 0 Å². The molecular formula is C28H25N5O3. The number of carbonyl (C=O) groups is 1. The highest BCUT2D eigenvalue weighted by atomic mass is 16.5. The van der Waals surface area contributed by atoms with E-state index in [2.05, 4.69) is 20.6 Å². The summed E-state index contributed by atoms with van der Waals surface area (Å²) in [6.07, 6.45) is 0. The van der Waals surface area contributed by atoms with Crippen molar-refractivity contribution in [1.82, 2.24) is 9.97 Å². The number of phenolic OH excluding ortho intramolecular Hbond substituents is 1. The molecule has 1 amide bonds. The smallest absolute Gasteiger partial charge is 0.255 e. The highest BCUT2D eigenvalue weighted by Gasteiger charge is 2.13. The Balaban J connectivity index is 1.55. The molecule has 0 saturated carbocycles. The first kappa shape index (κ1) is 24.2. The van der Waals surface area contributed by atoms with Gasteiger partial charge in [0.1, 0.15) is 11.9 Å². The Kier molecular flexibility index (Phi) is 7.12. The molecule has 1 unspecified atom stereocenters. The molecule has 0 saturated heterocycles. The number of aryl methyl sites for hydroxylation is 1. The van der Waals surface area contributed by atoms with Crippen LogP contribution >= 0.6 is 0 Å². The Bertz CT molecular complexity index is 1460. The van der Waals surface area contributed by atoms with Crippen LogP contribution < -0.4 is 15.4 Å². The zero-order chi connectivity index (χ0) is 25.7. The molecule has 4 rings (SSSR count). The van der Waals surface area contributed by atoms with Gasteiger partial charge in [-0.3, -0.25) is 4.79 Å². The monoisotopic (exact) mass is 479 g/mol. The normalized spacial score (nSPS) is 11.3. The highest BCUT2D eigenvalue weighted by Crippen LogP contribution is 2.32. The van der Waals surface area contributed by atoms with Crippen LogP contribution in [-0.4, -0.2) is 28.1 Å². The number of hydrogen-bond donors (Lipinski definition) is 3. The first-order valence-corrected chi connectivity index (χ1v) is 11.3. The number of ether oxygens (including phenoxy) is 1. The minimum Gasteiger partial charge on any atom is -0.504 e. The summed E-state index contributed by atoms with van der Waals surface area (Å²) in [5, 5.41) is 25.6. The molecule has 4 aromatic rings. The fourth-order valence-electron chi connectivity index (χ4n) is 3.74. The van der Waals surface area contributed by atoms with Gasteiger partial charge in [-0.05, 0) is 61.9 Å². The number of rotatable bonds is 7. The molecule has 8 heteroatoms. The summed E-state index contributed by atoms with van der Waals surface area (Å²) in [7, 11) is 1.46. The molecule has 0 spiro atoms. The van der Waals surface area contributed by atoms with Crippen molar-refractivity contribution in [2.45, 2.75) is 19.9 Å². The average Bonchev–Trinajstić information content (AvgIpc) is 2.88. The molecule has 180 valence electrons. The predicted octanol–water partition coefficient (Wildman–Crippen LogP) is 5.46. The molecular weight excluding hydrogens is 454 g/mol. The Morgan fingerprint density at radius 1 is 1.06 bits per heavy atom. The van der Waals surface area contributed by atoms with Crippen LogP contribution in [0.15, 0.2) is 72.8 Å². The number of nitrogens with one attached hydrogen (secondary N) is 2. The van der Waals surface area contributed by atoms with Crippen molar-refractivity contribution >= 4 is 17.4 Å². The molecule has 0 aliphatic heterocycles. The first-order chi connectivity index (χ1) is 17.4. The van der Waals surface area contributed by atoms with Gasteiger partial charge in [0.25, 0.3) is 5.91 Å². The van der Waals surface area contributed by atoms with Crippen LogP contribution in [0.4, 0.5) is 11.5 Å². The summed E-state index contributed by atoms with van der Waals surface area (Å²) in [4.78, 5) is 21.2. The number of nitrogens with zero attached hydrogens (tertiary/aromatic N) is 3. The highest BCUT2D eigenvalue weighted by molar-refractivity contribution is 6.04. The topological polar surface area (TPSA) is 120 Å². The van der Waals surface area contributed by atoms with Crippen molar-refractivity contribution in [3.05, 3.63) is 95.3 Å². The molecule has 0 bridgehead atoms. The van der Waals surface area contributed by atoms with Gasteiger partial charge < -0.3 is 20.5 Å². The summed E-state index contributed by atoms with van der Waals surface area (Å²) in [6.45, 7) is 3.90. The maximum absolute atomic E-state index is 12.6. The van der Waals surface area contributed by atoms with Gasteiger partial charge >= 0.3 is 0 Å². The van der Waals surface area contributed by atoms with Crippen LogP contribution in [0.5, 0.6) is 11.5 Å². The lowest BCUT2D eigenvalue weighted by Crippen LogP contribution is -2.13. The van der Waals surface area contributed by atoms with Crippen molar-refractivity contribution in [1.29, 1.82) is 5.26 Å². The van der Waals surface area contributed by atoms with Crippen LogP contribution in [0.2, 0.25) is 0 Å². The first-order valence-electron chi connectivity index (χ1n) is 11.3. The Hall–Kier alpha value is -4.90. The second kappa shape index (κ2) is 10.6. The minimum atomic E-state index is -0.190. The van der Waals surface area contributed by atoms with E-state index < -0.39 is 0 Å². The molecule has 0 radical (unpaired) electrons. The number of anilines is 2. The van der Waals surface area contributed by atoms with Gasteiger partial charge in [-0.25, -0.2) is 9.97 Å². The number of phenols is 1. The number of carbonyl (C=O) groups excluding carboxylic acids is 1. The number of amides is 1. The maximum Gasteiger partial charge on any atom is 0.255 e. The predicted molar refractivity (Wildman–Crippen MR) is 138 cm³/mol. The largest absolute Gasteiger partial charge is 0.504 e. The SMILES string of the molecule is COc1cc(-c2cc(NC(C)c3cccc(NC(=O)c4cccc(C)c4)c3)nc(C#N)n2)ccc1O. The van der Waals surface area contributed by atoms with E-state index >= 15 is 0 Å². The number of nitriles is 1. The van der Waals surface area contributed by atoms with Crippen molar-refractivity contribution < 1.29 is 14.6 Å². The Morgan fingerprint density at radius 3 is 2.61 bits per heavy atom. The summed E-state index contributed by atoms with van der Waals surface area (Å²) in [5.41, 5.74) is 4.37. The molecule has 0 fully saturated rings. The van der Waals surface area contributed by atoms with Gasteiger partial charge in [-0.2, -0.15) is 5.26 Å². The maximum atomic E-state index is 12.6. The van der Waals surface area contributed by atoms with E-state index in [0.29, 0.717) is 34.1 Å². The van der Waals surface area contributed by atoms with Crippen LogP contribution in [0.1, 0.15) is 40.3 Å². The molecule has 8 nitrogen and oxygen atoms in total. The van der Waals surface area contributed by atoms with Gasteiger partial charge in [0.15, 0.2) is 11.5 Å². The Labute approximate surface area is 209 Å². The third-order valence-corrected chi connectivity index (χ3v) is 5.59. The number of hydrogen-bond acceptors (Lipinski definition) is 7. The van der Waals surface area contributed by atoms with E-state index in [1.165, 1.54) is 13.2 Å². The number of benzene rings is 3. The quantitative estimate of drug-likeness (QED) is 0.322. The van der Waals surface area contributed by atoms with E-state index in [1.807, 2.05) is 62.4 Å². The van der Waals surface area contributed by atoms with Crippen molar-refractivity contribution in [3.63, 3.8) is 0 Å². The molecule has 0 aliphatic carbocycles. The number of aromatic hydroxyl groups is 1. The zero-order valence-electron chi connectivity index (χ0n) is 20.1. The van der Waals surface area contributed by atoms with E-state index in [4.69, 9.17) is 4.74 Å². The van der Waals surface area contributed by atoms with E-state index in [-0.39, 0.29) is 23.5 Å². The molecule has 1 atom stereocenters. The second-order valence-corrected chi connectivity index (χ2v) is 8.28. The molecule has 0 aliphatic rings. The lowest BCUT2D eigenvalue weighted by atomic mass is 10.1. The molecule has 1 aromatic heterocycles. The second-order valence-electron chi connectivity index (χ2n) is 8.28. The number of methoxy groups -OCH3 is 1. The van der Waals surface area contributed by atoms with Gasteiger partial charge in [-0.15, -0.1) is 0 Å². The molecule has 3 aromatic carbocycles. The van der Waals surface area contributed by atoms with Gasteiger partial charge in [-0.1, -0.05) is 29.8 Å². The zero-order valence-corrected chi connectivity index (χ0v) is 20.1. The lowest BCUT2D eigenvalue weighted by Gasteiger charge is -2.17. The third-order valence-electron chi connectivity index (χ3n) is 5.59. The minimum absolute atomic E-state index is 0.00779. The summed E-state index contributed by atoms with van der Waals surface area (Å²) < 4.78 is 5.18. The van der Waals surface area contributed by atoms with Crippen LogP contribution in [0.3, 0.4) is 0 Å². The standard InChI is InChI=1S/C28H25N5O3/c1-17-6-4-8-21(12-17)28(35)31-22-9-5-7-19(13-22)18(2)30-26-15-23(32-27(16-29)33-26)20-10-11-24(34)25(14-20)36-3/h4-15,18,34H,1-3H3,(H,31,35)(H,30,32,33). The van der Waals surface area contributed by atoms with Gasteiger partial charge in [0, 0.05) is 22.9 Å². The average molecular weight is 480 g/mol. The third kappa shape index (κ3) is 5.59. The summed E-state index contributed by atoms with van der Waals surface area (Å²) in [5.74, 6) is 0.604. The molecule has 36 heavy (non-hydrogen) atoms. The van der Waals surface area contributed by atoms with Gasteiger partial charge in [0.05, 0.1) is 18.8 Å². The number of aromatic nitrogens is 2. The van der Waals surface area contributed by atoms with E-state index in [9.17, 15) is 15.2 Å². The van der Waals surface area contributed by atoms with Gasteiger partial charge in [0.2, 0.25) is 5.82 Å². The summed E-state index contributed by atoms with van der Waals surface area (Å²) >= 11 is 0. The van der Waals surface area contributed by atoms with Crippen molar-refractivity contribution in [2.75, 3.05) is 17.7 Å². The summed E-state index contributed by atoms with van der Waals surface area (Å²) in [6, 6.07) is 23.3. The lowest BCUT2D eigenvalue weighted by molar-refractivity contribution is 0.102. The van der Waals surface area contributed by atoms with Crippen LogP contribution in [0.25, 0.3) is 11.3 Å². The van der Waals surface area contributed by atoms with E-state index in [0.717, 1.165) is 11.1 Å². The van der Waals surface area contributed by atoms with Crippen LogP contribution in [0, 0.1) is 18.3 Å². The fraction of sp³-hybridized carbons (Fsp3) is 0.143.